The third-order valence-electron chi connectivity index (χ3n) is 12.0. The number of ether oxygens (including phenoxy) is 2. The Balaban J connectivity index is 0.000000173. The zero-order valence-electron chi connectivity index (χ0n) is 44.2. The van der Waals surface area contributed by atoms with Crippen molar-refractivity contribution in [2.24, 2.45) is 34.5 Å². The number of hydrogen-bond acceptors (Lipinski definition) is 15. The molecule has 9 heterocycles. The van der Waals surface area contributed by atoms with Crippen LogP contribution >= 0.6 is 0 Å². The predicted octanol–water partition coefficient (Wildman–Crippen LogP) is 11.0. The Bertz CT molecular complexity index is 3330. The highest BCUT2D eigenvalue weighted by Gasteiger charge is 2.38. The summed E-state index contributed by atoms with van der Waals surface area (Å²) in [6.07, 6.45) is -7.66. The molecule has 9 aromatic heterocycles. The molecule has 0 fully saturated rings. The van der Waals surface area contributed by atoms with E-state index < -0.39 is 35.2 Å². The summed E-state index contributed by atoms with van der Waals surface area (Å²) in [5.41, 5.74) is 15.5. The van der Waals surface area contributed by atoms with Crippen molar-refractivity contribution in [3.63, 3.8) is 0 Å². The van der Waals surface area contributed by atoms with Gasteiger partial charge in [0.05, 0.1) is 33.8 Å². The van der Waals surface area contributed by atoms with E-state index in [2.05, 4.69) is 65.8 Å². The fourth-order valence-electron chi connectivity index (χ4n) is 8.09. The van der Waals surface area contributed by atoms with Crippen LogP contribution in [0.1, 0.15) is 71.1 Å². The number of nitrogens with zero attached hydrogens (tertiary/aromatic N) is 9. The van der Waals surface area contributed by atoms with Crippen LogP contribution in [0.15, 0.2) is 91.4 Å². The quantitative estimate of drug-likeness (QED) is 0.0418. The lowest BCUT2D eigenvalue weighted by Crippen LogP contribution is -2.31. The minimum Gasteiger partial charge on any atom is -0.476 e. The monoisotopic (exact) mass is 1120 g/mol. The van der Waals surface area contributed by atoms with E-state index in [0.29, 0.717) is 63.8 Å². The second-order valence-electron chi connectivity index (χ2n) is 20.2. The fraction of sp³-hybridized carbons (Fsp3) is 0.377. The first-order valence-electron chi connectivity index (χ1n) is 25.1. The van der Waals surface area contributed by atoms with Crippen molar-refractivity contribution < 1.29 is 49.0 Å². The smallest absolute Gasteiger partial charge is 0.418 e. The molecule has 426 valence electrons. The zero-order valence-corrected chi connectivity index (χ0v) is 44.2. The standard InChI is InChI=1S/2C18H20F3N5O.C17H19F3N6/c2*1-10(2)8-11(22)9-27-14-6-5-13(18(19,20)21)16(24-14)15-12-4-3-7-23-17(12)26-25-15;1-16(2,8-21)9-23-12-6-5-11(17(18,19)20)14(24-12)13-10-4-3-7-22-15(10)26-25-13/h2*3-7,10-11H,8-9,22H2,1-2H3,(H,23,25,26);3-7H,8-9,21H2,1-2H3,(H,23,24)(H,22,25,26)/t2*11-;/m10./s1. The fourth-order valence-corrected chi connectivity index (χ4v) is 8.09. The van der Waals surface area contributed by atoms with Gasteiger partial charge in [0.15, 0.2) is 16.9 Å². The van der Waals surface area contributed by atoms with Gasteiger partial charge in [-0.2, -0.15) is 54.8 Å². The van der Waals surface area contributed by atoms with Crippen molar-refractivity contribution in [2.45, 2.75) is 85.0 Å². The summed E-state index contributed by atoms with van der Waals surface area (Å²) in [5.74, 6) is 1.26. The maximum atomic E-state index is 13.5. The largest absolute Gasteiger partial charge is 0.476 e. The molecule has 9 rings (SSSR count). The van der Waals surface area contributed by atoms with Gasteiger partial charge in [-0.15, -0.1) is 0 Å². The Labute approximate surface area is 452 Å². The molecule has 9 aromatic rings. The van der Waals surface area contributed by atoms with Crippen molar-refractivity contribution in [2.75, 3.05) is 31.6 Å². The van der Waals surface area contributed by atoms with E-state index in [1.54, 1.807) is 36.4 Å². The number of fused-ring (bicyclic) bond motifs is 3. The van der Waals surface area contributed by atoms with Gasteiger partial charge in [-0.05, 0) is 97.3 Å². The molecule has 10 N–H and O–H groups in total. The zero-order chi connectivity index (χ0) is 58.2. The molecule has 0 aliphatic heterocycles. The van der Waals surface area contributed by atoms with Crippen LogP contribution in [0.2, 0.25) is 0 Å². The molecule has 80 heavy (non-hydrogen) atoms. The number of nitrogens with two attached hydrogens (primary N) is 3. The second-order valence-corrected chi connectivity index (χ2v) is 20.2. The summed E-state index contributed by atoms with van der Waals surface area (Å²) in [6, 6.07) is 16.0. The Morgan fingerprint density at radius 1 is 0.512 bits per heavy atom. The molecule has 0 aromatic carbocycles. The van der Waals surface area contributed by atoms with Crippen LogP contribution in [0.5, 0.6) is 11.8 Å². The van der Waals surface area contributed by atoms with Gasteiger partial charge in [0, 0.05) is 65.5 Å². The van der Waals surface area contributed by atoms with E-state index >= 15 is 0 Å². The lowest BCUT2D eigenvalue weighted by Gasteiger charge is -2.23. The Morgan fingerprint density at radius 3 is 1.20 bits per heavy atom. The van der Waals surface area contributed by atoms with Gasteiger partial charge < -0.3 is 32.0 Å². The van der Waals surface area contributed by atoms with E-state index in [-0.39, 0.29) is 76.6 Å². The molecule has 2 atom stereocenters. The van der Waals surface area contributed by atoms with Crippen LogP contribution in [0, 0.1) is 17.3 Å². The van der Waals surface area contributed by atoms with E-state index in [4.69, 9.17) is 26.7 Å². The predicted molar refractivity (Wildman–Crippen MR) is 284 cm³/mol. The number of rotatable bonds is 17. The summed E-state index contributed by atoms with van der Waals surface area (Å²) in [5, 5.41) is 24.1. The molecule has 0 aliphatic rings. The number of H-pyrrole nitrogens is 3. The van der Waals surface area contributed by atoms with Gasteiger partial charge in [-0.25, -0.2) is 29.9 Å². The van der Waals surface area contributed by atoms with Gasteiger partial charge >= 0.3 is 18.5 Å². The average molecular weight is 1120 g/mol. The van der Waals surface area contributed by atoms with E-state index in [9.17, 15) is 39.5 Å². The van der Waals surface area contributed by atoms with Crippen LogP contribution in [0.3, 0.4) is 0 Å². The molecule has 0 saturated carbocycles. The van der Waals surface area contributed by atoms with E-state index in [1.165, 1.54) is 36.8 Å². The highest BCUT2D eigenvalue weighted by atomic mass is 19.4. The summed E-state index contributed by atoms with van der Waals surface area (Å²) >= 11 is 0. The summed E-state index contributed by atoms with van der Waals surface area (Å²) in [7, 11) is 0. The first-order valence-corrected chi connectivity index (χ1v) is 25.1. The van der Waals surface area contributed by atoms with Crippen molar-refractivity contribution in [3.05, 3.63) is 108 Å². The molecule has 0 radical (unpaired) electrons. The molecule has 0 bridgehead atoms. The van der Waals surface area contributed by atoms with Gasteiger partial charge in [-0.3, -0.25) is 15.3 Å². The van der Waals surface area contributed by atoms with Crippen LogP contribution < -0.4 is 32.0 Å². The van der Waals surface area contributed by atoms with Crippen molar-refractivity contribution in [3.8, 4) is 45.9 Å². The number of hydrogen-bond donors (Lipinski definition) is 7. The number of anilines is 1. The lowest BCUT2D eigenvalue weighted by atomic mass is 9.94. The molecule has 0 saturated heterocycles. The minimum absolute atomic E-state index is 0.0730. The number of halogens is 9. The molecule has 0 unspecified atom stereocenters. The Kier molecular flexibility index (Phi) is 18.6. The molecular formula is C53H59F9N16O2. The first kappa shape index (κ1) is 59.6. The van der Waals surface area contributed by atoms with E-state index in [1.807, 2.05) is 41.5 Å². The topological polar surface area (TPSA) is 272 Å². The van der Waals surface area contributed by atoms with Crippen molar-refractivity contribution >= 4 is 38.9 Å². The summed E-state index contributed by atoms with van der Waals surface area (Å²) in [6.45, 7) is 13.3. The van der Waals surface area contributed by atoms with E-state index in [0.717, 1.165) is 31.0 Å². The van der Waals surface area contributed by atoms with Crippen LogP contribution in [0.25, 0.3) is 67.3 Å². The number of aromatic nitrogens is 12. The summed E-state index contributed by atoms with van der Waals surface area (Å²) in [4.78, 5) is 24.5. The van der Waals surface area contributed by atoms with Crippen LogP contribution in [-0.2, 0) is 18.5 Å². The average Bonchev–Trinajstić information content (AvgIpc) is 4.27. The normalized spacial score (nSPS) is 13.1. The van der Waals surface area contributed by atoms with Gasteiger partial charge in [0.25, 0.3) is 0 Å². The molecule has 0 amide bonds. The minimum atomic E-state index is -4.57. The second kappa shape index (κ2) is 25.0. The van der Waals surface area contributed by atoms with Crippen LogP contribution in [0.4, 0.5) is 45.3 Å². The maximum Gasteiger partial charge on any atom is 0.418 e. The molecular weight excluding hydrogens is 1060 g/mol. The van der Waals surface area contributed by atoms with Gasteiger partial charge in [-0.1, -0.05) is 41.5 Å². The van der Waals surface area contributed by atoms with Gasteiger partial charge in [0.1, 0.15) is 36.1 Å². The third-order valence-corrected chi connectivity index (χ3v) is 12.0. The van der Waals surface area contributed by atoms with Crippen molar-refractivity contribution in [1.29, 1.82) is 0 Å². The number of alkyl halides is 9. The van der Waals surface area contributed by atoms with Gasteiger partial charge in [0.2, 0.25) is 11.8 Å². The molecule has 27 heteroatoms. The number of aromatic amines is 3. The Hall–Kier alpha value is -8.04. The lowest BCUT2D eigenvalue weighted by molar-refractivity contribution is -0.138. The summed E-state index contributed by atoms with van der Waals surface area (Å²) < 4.78 is 132. The number of nitrogens with one attached hydrogen (secondary N) is 4. The SMILES string of the molecule is CC(C)(CN)CNc1ccc(C(F)(F)F)c(-c2[nH]nc3ncccc23)n1.CC(C)C[C@@H](N)COc1ccc(C(F)(F)F)c(-c2[nH]nc3ncccc23)n1.CC(C)C[C@H](N)COc1ccc(C(F)(F)F)c(-c2[nH]nc3ncccc23)n1. The maximum absolute atomic E-state index is 13.5. The van der Waals surface area contributed by atoms with Crippen molar-refractivity contribution in [1.82, 2.24) is 60.5 Å². The third kappa shape index (κ3) is 15.2. The molecule has 0 spiro atoms. The molecule has 0 aliphatic carbocycles. The van der Waals surface area contributed by atoms with Crippen LogP contribution in [-0.4, -0.2) is 98.9 Å². The highest BCUT2D eigenvalue weighted by molar-refractivity contribution is 5.92. The highest BCUT2D eigenvalue weighted by Crippen LogP contribution is 2.41. The number of pyridine rings is 6. The Morgan fingerprint density at radius 2 is 0.863 bits per heavy atom. The first-order chi connectivity index (χ1) is 37.7. The molecule has 18 nitrogen and oxygen atoms in total.